The molecule has 0 amide bonds. The molecule has 0 aliphatic heterocycles. The maximum absolute atomic E-state index is 10.9. The molecule has 0 aliphatic rings. The van der Waals surface area contributed by atoms with Gasteiger partial charge in [-0.05, 0) is 10.4 Å². The molecule has 0 fully saturated rings. The van der Waals surface area contributed by atoms with Gasteiger partial charge in [0.25, 0.3) is 0 Å². The van der Waals surface area contributed by atoms with E-state index < -0.39 is 11.9 Å². The summed E-state index contributed by atoms with van der Waals surface area (Å²) in [6, 6.07) is 1.69. The monoisotopic (exact) mass is 266 g/mol. The van der Waals surface area contributed by atoms with Crippen molar-refractivity contribution in [1.29, 1.82) is 0 Å². The molecular formula is C10H14N6O3. The van der Waals surface area contributed by atoms with Gasteiger partial charge in [-0.1, -0.05) is 6.92 Å². The molecule has 19 heavy (non-hydrogen) atoms. The number of rotatable bonds is 5. The predicted molar refractivity (Wildman–Crippen MR) is 63.4 cm³/mol. The average molecular weight is 266 g/mol. The second-order valence-corrected chi connectivity index (χ2v) is 4.12. The molecule has 1 unspecified atom stereocenters. The number of methoxy groups -OCH3 is 1. The molecule has 2 aromatic rings. The largest absolute Gasteiger partial charge is 0.481 e. The number of aliphatic carboxylic acids is 1. The second kappa shape index (κ2) is 5.04. The minimum absolute atomic E-state index is 0.177. The summed E-state index contributed by atoms with van der Waals surface area (Å²) < 4.78 is 8.08. The summed E-state index contributed by atoms with van der Waals surface area (Å²) in [5, 5.41) is 24.3. The third-order valence-corrected chi connectivity index (χ3v) is 2.68. The molecule has 0 aliphatic carbocycles. The number of carboxylic acids is 1. The van der Waals surface area contributed by atoms with Crippen molar-refractivity contribution in [2.75, 3.05) is 7.11 Å². The van der Waals surface area contributed by atoms with Crippen LogP contribution in [0.3, 0.4) is 0 Å². The number of nitrogens with zero attached hydrogens (tertiary/aromatic N) is 6. The first kappa shape index (κ1) is 13.0. The first-order chi connectivity index (χ1) is 9.02. The first-order valence-electron chi connectivity index (χ1n) is 5.60. The van der Waals surface area contributed by atoms with Gasteiger partial charge in [-0.3, -0.25) is 4.79 Å². The van der Waals surface area contributed by atoms with Crippen molar-refractivity contribution in [1.82, 2.24) is 30.0 Å². The zero-order chi connectivity index (χ0) is 14.0. The Balaban J connectivity index is 2.30. The molecule has 0 spiro atoms. The molecule has 0 radical (unpaired) electrons. The van der Waals surface area contributed by atoms with E-state index in [0.29, 0.717) is 17.4 Å². The highest BCUT2D eigenvalue weighted by Gasteiger charge is 2.19. The Bertz CT molecular complexity index is 590. The van der Waals surface area contributed by atoms with Crippen molar-refractivity contribution in [3.05, 3.63) is 6.07 Å². The minimum atomic E-state index is -0.903. The maximum atomic E-state index is 10.9. The van der Waals surface area contributed by atoms with Crippen LogP contribution in [0.5, 0.6) is 5.88 Å². The Morgan fingerprint density at radius 3 is 2.89 bits per heavy atom. The molecule has 2 heterocycles. The lowest BCUT2D eigenvalue weighted by Gasteiger charge is -2.06. The average Bonchev–Trinajstić information content (AvgIpc) is 2.95. The Kier molecular flexibility index (Phi) is 3.45. The highest BCUT2D eigenvalue weighted by atomic mass is 16.5. The number of tetrazole rings is 1. The summed E-state index contributed by atoms with van der Waals surface area (Å²) >= 11 is 0. The zero-order valence-electron chi connectivity index (χ0n) is 10.8. The van der Waals surface area contributed by atoms with Crippen LogP contribution in [-0.4, -0.2) is 48.2 Å². The van der Waals surface area contributed by atoms with Crippen molar-refractivity contribution in [2.24, 2.45) is 13.0 Å². The molecular weight excluding hydrogens is 252 g/mol. The fraction of sp³-hybridized carbons (Fsp3) is 0.500. The number of hydrogen-bond acceptors (Lipinski definition) is 6. The van der Waals surface area contributed by atoms with Crippen molar-refractivity contribution < 1.29 is 14.6 Å². The van der Waals surface area contributed by atoms with Gasteiger partial charge in [0.15, 0.2) is 0 Å². The molecule has 102 valence electrons. The third kappa shape index (κ3) is 2.54. The maximum Gasteiger partial charge on any atom is 0.308 e. The normalized spacial score (nSPS) is 12.4. The molecule has 0 bridgehead atoms. The van der Waals surface area contributed by atoms with Gasteiger partial charge in [-0.25, -0.2) is 9.36 Å². The second-order valence-electron chi connectivity index (χ2n) is 4.12. The highest BCUT2D eigenvalue weighted by Crippen LogP contribution is 2.20. The summed E-state index contributed by atoms with van der Waals surface area (Å²) in [6.07, 6.45) is 0. The zero-order valence-corrected chi connectivity index (χ0v) is 10.8. The van der Waals surface area contributed by atoms with E-state index in [9.17, 15) is 4.79 Å². The Morgan fingerprint density at radius 2 is 2.32 bits per heavy atom. The highest BCUT2D eigenvalue weighted by molar-refractivity contribution is 5.69. The number of aromatic nitrogens is 6. The van der Waals surface area contributed by atoms with E-state index in [1.54, 1.807) is 24.7 Å². The number of ether oxygens (including phenoxy) is 1. The van der Waals surface area contributed by atoms with Gasteiger partial charge >= 0.3 is 5.97 Å². The molecule has 1 N–H and O–H groups in total. The van der Waals surface area contributed by atoms with Crippen LogP contribution in [0.15, 0.2) is 6.07 Å². The van der Waals surface area contributed by atoms with Crippen molar-refractivity contribution in [3.8, 4) is 17.4 Å². The standard InChI is InChI=1S/C10H14N6O3/c1-6(10(17)18)5-16-9(11-13-14-16)7-4-8(19-3)15(2)12-7/h4,6H,5H2,1-3H3,(H,17,18). The van der Waals surface area contributed by atoms with Gasteiger partial charge in [0.2, 0.25) is 11.7 Å². The minimum Gasteiger partial charge on any atom is -0.481 e. The predicted octanol–water partition coefficient (Wildman–Crippen LogP) is -0.197. The lowest BCUT2D eigenvalue weighted by atomic mass is 10.2. The number of hydrogen-bond donors (Lipinski definition) is 1. The summed E-state index contributed by atoms with van der Waals surface area (Å²) in [4.78, 5) is 10.9. The molecule has 9 heteroatoms. The Morgan fingerprint density at radius 1 is 1.58 bits per heavy atom. The SMILES string of the molecule is COc1cc(-c2nnnn2CC(C)C(=O)O)nn1C. The van der Waals surface area contributed by atoms with Crippen molar-refractivity contribution >= 4 is 5.97 Å². The van der Waals surface area contributed by atoms with Gasteiger partial charge in [-0.15, -0.1) is 5.10 Å². The number of aryl methyl sites for hydroxylation is 1. The van der Waals surface area contributed by atoms with E-state index in [1.807, 2.05) is 0 Å². The smallest absolute Gasteiger partial charge is 0.308 e. The number of carbonyl (C=O) groups is 1. The van der Waals surface area contributed by atoms with Crippen LogP contribution >= 0.6 is 0 Å². The fourth-order valence-corrected chi connectivity index (χ4v) is 1.60. The third-order valence-electron chi connectivity index (χ3n) is 2.68. The van der Waals surface area contributed by atoms with Gasteiger partial charge in [-0.2, -0.15) is 5.10 Å². The van der Waals surface area contributed by atoms with Crippen LogP contribution in [0.25, 0.3) is 11.5 Å². The van der Waals surface area contributed by atoms with Gasteiger partial charge in [0, 0.05) is 13.1 Å². The summed E-state index contributed by atoms with van der Waals surface area (Å²) in [7, 11) is 3.27. The van der Waals surface area contributed by atoms with Gasteiger partial charge in [0.05, 0.1) is 19.6 Å². The topological polar surface area (TPSA) is 108 Å². The molecule has 9 nitrogen and oxygen atoms in total. The van der Waals surface area contributed by atoms with E-state index in [4.69, 9.17) is 9.84 Å². The van der Waals surface area contributed by atoms with Gasteiger partial charge in [0.1, 0.15) is 5.69 Å². The summed E-state index contributed by atoms with van der Waals surface area (Å²) in [5.41, 5.74) is 0.530. The van der Waals surface area contributed by atoms with E-state index in [2.05, 4.69) is 20.6 Å². The lowest BCUT2D eigenvalue weighted by molar-refractivity contribution is -0.141. The Labute approximate surface area is 108 Å². The molecule has 0 saturated heterocycles. The van der Waals surface area contributed by atoms with E-state index in [0.717, 1.165) is 0 Å². The quantitative estimate of drug-likeness (QED) is 0.798. The first-order valence-corrected chi connectivity index (χ1v) is 5.60. The van der Waals surface area contributed by atoms with E-state index in [-0.39, 0.29) is 6.54 Å². The van der Waals surface area contributed by atoms with Gasteiger partial charge < -0.3 is 9.84 Å². The van der Waals surface area contributed by atoms with Crippen LogP contribution in [0.2, 0.25) is 0 Å². The molecule has 0 aromatic carbocycles. The van der Waals surface area contributed by atoms with Crippen LogP contribution in [0.1, 0.15) is 6.92 Å². The van der Waals surface area contributed by atoms with E-state index >= 15 is 0 Å². The fourth-order valence-electron chi connectivity index (χ4n) is 1.60. The van der Waals surface area contributed by atoms with Crippen LogP contribution in [0.4, 0.5) is 0 Å². The molecule has 2 rings (SSSR count). The Hall–Kier alpha value is -2.45. The lowest BCUT2D eigenvalue weighted by Crippen LogP contribution is -2.18. The molecule has 0 saturated carbocycles. The van der Waals surface area contributed by atoms with Crippen LogP contribution in [0, 0.1) is 5.92 Å². The molecule has 2 aromatic heterocycles. The molecule has 1 atom stereocenters. The number of carboxylic acid groups (broad SMARTS) is 1. The summed E-state index contributed by atoms with van der Waals surface area (Å²) in [5.74, 6) is -0.518. The van der Waals surface area contributed by atoms with Crippen molar-refractivity contribution in [3.63, 3.8) is 0 Å². The van der Waals surface area contributed by atoms with Crippen LogP contribution in [-0.2, 0) is 18.4 Å². The van der Waals surface area contributed by atoms with Crippen LogP contribution < -0.4 is 4.74 Å². The summed E-state index contributed by atoms with van der Waals surface area (Å²) in [6.45, 7) is 1.77. The van der Waals surface area contributed by atoms with E-state index in [1.165, 1.54) is 11.8 Å². The van der Waals surface area contributed by atoms with Crippen molar-refractivity contribution in [2.45, 2.75) is 13.5 Å².